The Hall–Kier alpha value is -2.63. The molecular weight excluding hydrogens is 294 g/mol. The number of nitrogens with one attached hydrogen (secondary N) is 1. The average molecular weight is 315 g/mol. The SMILES string of the molecule is CC(NC(=O)OC(C)(C)C)c1cccc(Oc2cncnc2)c1. The van der Waals surface area contributed by atoms with Gasteiger partial charge < -0.3 is 14.8 Å². The molecule has 2 rings (SSSR count). The highest BCUT2D eigenvalue weighted by Crippen LogP contribution is 2.23. The maximum Gasteiger partial charge on any atom is 0.408 e. The van der Waals surface area contributed by atoms with Crippen LogP contribution in [0.3, 0.4) is 0 Å². The maximum atomic E-state index is 11.8. The molecule has 6 nitrogen and oxygen atoms in total. The molecule has 1 amide bonds. The van der Waals surface area contributed by atoms with E-state index in [0.717, 1.165) is 5.56 Å². The number of amides is 1. The third-order valence-electron chi connectivity index (χ3n) is 2.86. The lowest BCUT2D eigenvalue weighted by Crippen LogP contribution is -2.34. The Morgan fingerprint density at radius 2 is 1.87 bits per heavy atom. The molecule has 0 saturated heterocycles. The molecular formula is C17H21N3O3. The fourth-order valence-corrected chi connectivity index (χ4v) is 1.89. The van der Waals surface area contributed by atoms with Crippen molar-refractivity contribution in [1.82, 2.24) is 15.3 Å². The lowest BCUT2D eigenvalue weighted by atomic mass is 10.1. The average Bonchev–Trinajstić information content (AvgIpc) is 2.46. The first-order valence-corrected chi connectivity index (χ1v) is 7.36. The van der Waals surface area contributed by atoms with Crippen LogP contribution in [0.1, 0.15) is 39.3 Å². The first-order chi connectivity index (χ1) is 10.8. The van der Waals surface area contributed by atoms with Gasteiger partial charge in [0, 0.05) is 0 Å². The summed E-state index contributed by atoms with van der Waals surface area (Å²) < 4.78 is 10.9. The van der Waals surface area contributed by atoms with Gasteiger partial charge in [-0.15, -0.1) is 0 Å². The predicted octanol–water partition coefficient (Wildman–Crippen LogP) is 3.85. The second-order valence-electron chi connectivity index (χ2n) is 6.12. The fraction of sp³-hybridized carbons (Fsp3) is 0.353. The zero-order chi connectivity index (χ0) is 16.9. The number of benzene rings is 1. The number of alkyl carbamates (subject to hydrolysis) is 1. The van der Waals surface area contributed by atoms with Gasteiger partial charge in [0.25, 0.3) is 0 Å². The summed E-state index contributed by atoms with van der Waals surface area (Å²) in [6.07, 6.45) is 4.16. The number of rotatable bonds is 4. The minimum Gasteiger partial charge on any atom is -0.454 e. The maximum absolute atomic E-state index is 11.8. The number of carbonyl (C=O) groups is 1. The minimum atomic E-state index is -0.526. The van der Waals surface area contributed by atoms with E-state index in [-0.39, 0.29) is 6.04 Å². The Bertz CT molecular complexity index is 654. The van der Waals surface area contributed by atoms with Gasteiger partial charge in [-0.2, -0.15) is 0 Å². The fourth-order valence-electron chi connectivity index (χ4n) is 1.89. The largest absolute Gasteiger partial charge is 0.454 e. The molecule has 0 bridgehead atoms. The Balaban J connectivity index is 2.02. The molecule has 0 aliphatic carbocycles. The molecule has 1 heterocycles. The van der Waals surface area contributed by atoms with E-state index in [1.54, 1.807) is 12.4 Å². The molecule has 6 heteroatoms. The quantitative estimate of drug-likeness (QED) is 0.927. The molecule has 0 fully saturated rings. The van der Waals surface area contributed by atoms with Gasteiger partial charge in [0.2, 0.25) is 0 Å². The third-order valence-corrected chi connectivity index (χ3v) is 2.86. The Kier molecular flexibility index (Phi) is 5.16. The van der Waals surface area contributed by atoms with Crippen LogP contribution in [-0.2, 0) is 4.74 Å². The van der Waals surface area contributed by atoms with Crippen molar-refractivity contribution in [2.24, 2.45) is 0 Å². The van der Waals surface area contributed by atoms with Crippen LogP contribution < -0.4 is 10.1 Å². The van der Waals surface area contributed by atoms with Crippen LogP contribution in [0.15, 0.2) is 43.0 Å². The summed E-state index contributed by atoms with van der Waals surface area (Å²) >= 11 is 0. The van der Waals surface area contributed by atoms with Crippen molar-refractivity contribution in [2.45, 2.75) is 39.3 Å². The number of carbonyl (C=O) groups excluding carboxylic acids is 1. The number of ether oxygens (including phenoxy) is 2. The monoisotopic (exact) mass is 315 g/mol. The van der Waals surface area contributed by atoms with Gasteiger partial charge in [0.1, 0.15) is 17.7 Å². The molecule has 2 aromatic rings. The summed E-state index contributed by atoms with van der Waals surface area (Å²) in [6.45, 7) is 7.36. The van der Waals surface area contributed by atoms with Gasteiger partial charge in [-0.05, 0) is 45.4 Å². The van der Waals surface area contributed by atoms with E-state index in [4.69, 9.17) is 9.47 Å². The van der Waals surface area contributed by atoms with Gasteiger partial charge in [0.05, 0.1) is 18.4 Å². The Morgan fingerprint density at radius 3 is 2.52 bits per heavy atom. The smallest absolute Gasteiger partial charge is 0.408 e. The van der Waals surface area contributed by atoms with Crippen LogP contribution in [0.4, 0.5) is 4.79 Å². The summed E-state index contributed by atoms with van der Waals surface area (Å²) in [5.74, 6) is 1.20. The summed E-state index contributed by atoms with van der Waals surface area (Å²) in [7, 11) is 0. The highest BCUT2D eigenvalue weighted by atomic mass is 16.6. The molecule has 0 radical (unpaired) electrons. The van der Waals surface area contributed by atoms with Gasteiger partial charge in [-0.1, -0.05) is 12.1 Å². The number of aromatic nitrogens is 2. The van der Waals surface area contributed by atoms with E-state index in [1.165, 1.54) is 6.33 Å². The van der Waals surface area contributed by atoms with Crippen LogP contribution in [-0.4, -0.2) is 21.7 Å². The molecule has 0 saturated carbocycles. The molecule has 1 aromatic heterocycles. The van der Waals surface area contributed by atoms with Crippen molar-refractivity contribution >= 4 is 6.09 Å². The van der Waals surface area contributed by atoms with Crippen LogP contribution >= 0.6 is 0 Å². The first-order valence-electron chi connectivity index (χ1n) is 7.36. The standard InChI is InChI=1S/C17H21N3O3/c1-12(20-16(21)23-17(2,3)4)13-6-5-7-14(8-13)22-15-9-18-11-19-10-15/h5-12H,1-4H3,(H,20,21). The molecule has 0 aliphatic rings. The van der Waals surface area contributed by atoms with Crippen molar-refractivity contribution in [3.05, 3.63) is 48.5 Å². The van der Waals surface area contributed by atoms with Gasteiger partial charge in [-0.25, -0.2) is 14.8 Å². The molecule has 122 valence electrons. The van der Waals surface area contributed by atoms with E-state index < -0.39 is 11.7 Å². The predicted molar refractivity (Wildman–Crippen MR) is 86.3 cm³/mol. The Morgan fingerprint density at radius 1 is 1.17 bits per heavy atom. The highest BCUT2D eigenvalue weighted by Gasteiger charge is 2.18. The lowest BCUT2D eigenvalue weighted by molar-refractivity contribution is 0.0508. The van der Waals surface area contributed by atoms with Crippen LogP contribution in [0.25, 0.3) is 0 Å². The molecule has 1 aromatic carbocycles. The second kappa shape index (κ2) is 7.09. The van der Waals surface area contributed by atoms with Crippen molar-refractivity contribution in [2.75, 3.05) is 0 Å². The number of nitrogens with zero attached hydrogens (tertiary/aromatic N) is 2. The number of hydrogen-bond acceptors (Lipinski definition) is 5. The minimum absolute atomic E-state index is 0.208. The summed E-state index contributed by atoms with van der Waals surface area (Å²) in [5.41, 5.74) is 0.382. The van der Waals surface area contributed by atoms with Crippen molar-refractivity contribution in [3.8, 4) is 11.5 Å². The molecule has 0 spiro atoms. The molecule has 0 aliphatic heterocycles. The van der Waals surface area contributed by atoms with Gasteiger partial charge in [-0.3, -0.25) is 0 Å². The van der Waals surface area contributed by atoms with Crippen molar-refractivity contribution in [3.63, 3.8) is 0 Å². The van der Waals surface area contributed by atoms with E-state index in [1.807, 2.05) is 52.0 Å². The second-order valence-corrected chi connectivity index (χ2v) is 6.12. The van der Waals surface area contributed by atoms with E-state index in [2.05, 4.69) is 15.3 Å². The van der Waals surface area contributed by atoms with Gasteiger partial charge >= 0.3 is 6.09 Å². The van der Waals surface area contributed by atoms with Crippen molar-refractivity contribution < 1.29 is 14.3 Å². The van der Waals surface area contributed by atoms with E-state index in [9.17, 15) is 4.79 Å². The zero-order valence-electron chi connectivity index (χ0n) is 13.7. The first kappa shape index (κ1) is 16.7. The summed E-state index contributed by atoms with van der Waals surface area (Å²) in [5, 5.41) is 2.80. The molecule has 1 atom stereocenters. The number of hydrogen-bond donors (Lipinski definition) is 1. The summed E-state index contributed by atoms with van der Waals surface area (Å²) in [4.78, 5) is 19.6. The molecule has 23 heavy (non-hydrogen) atoms. The lowest BCUT2D eigenvalue weighted by Gasteiger charge is -2.22. The highest BCUT2D eigenvalue weighted by molar-refractivity contribution is 5.68. The normalized spacial score (nSPS) is 12.3. The Labute approximate surface area is 135 Å². The molecule has 1 unspecified atom stereocenters. The van der Waals surface area contributed by atoms with Crippen LogP contribution in [0, 0.1) is 0 Å². The van der Waals surface area contributed by atoms with E-state index >= 15 is 0 Å². The van der Waals surface area contributed by atoms with Crippen LogP contribution in [0.2, 0.25) is 0 Å². The van der Waals surface area contributed by atoms with Crippen LogP contribution in [0.5, 0.6) is 11.5 Å². The molecule has 1 N–H and O–H groups in total. The van der Waals surface area contributed by atoms with Gasteiger partial charge in [0.15, 0.2) is 5.75 Å². The third kappa shape index (κ3) is 5.58. The zero-order valence-corrected chi connectivity index (χ0v) is 13.7. The van der Waals surface area contributed by atoms with E-state index in [0.29, 0.717) is 11.5 Å². The van der Waals surface area contributed by atoms with Crippen molar-refractivity contribution in [1.29, 1.82) is 0 Å². The summed E-state index contributed by atoms with van der Waals surface area (Å²) in [6, 6.07) is 7.25. The topological polar surface area (TPSA) is 73.3 Å².